The van der Waals surface area contributed by atoms with Gasteiger partial charge >= 0.3 is 23.8 Å². The van der Waals surface area contributed by atoms with Crippen molar-refractivity contribution in [2.75, 3.05) is 11.9 Å². The molecule has 0 saturated carbocycles. The van der Waals surface area contributed by atoms with Crippen LogP contribution in [0.5, 0.6) is 5.75 Å². The number of amides is 2. The zero-order chi connectivity index (χ0) is 20.5. The van der Waals surface area contributed by atoms with Gasteiger partial charge in [0.15, 0.2) is 6.61 Å². The van der Waals surface area contributed by atoms with Crippen LogP contribution in [0.2, 0.25) is 0 Å². The molecular formula is C18H15N3O7. The molecule has 0 radical (unpaired) electrons. The van der Waals surface area contributed by atoms with E-state index in [2.05, 4.69) is 10.4 Å². The summed E-state index contributed by atoms with van der Waals surface area (Å²) in [5.41, 5.74) is 2.70. The Balaban J connectivity index is 1.93. The number of benzene rings is 2. The number of carbonyl (C=O) groups excluding carboxylic acids is 2. The van der Waals surface area contributed by atoms with Crippen LogP contribution in [0.3, 0.4) is 0 Å². The molecule has 0 aliphatic heterocycles. The van der Waals surface area contributed by atoms with Crippen molar-refractivity contribution in [3.05, 3.63) is 59.7 Å². The summed E-state index contributed by atoms with van der Waals surface area (Å²) in [6.07, 6.45) is 1.20. The topological polar surface area (TPSA) is 154 Å². The van der Waals surface area contributed by atoms with Crippen molar-refractivity contribution in [3.63, 3.8) is 0 Å². The third-order valence-electron chi connectivity index (χ3n) is 3.24. The van der Waals surface area contributed by atoms with E-state index in [1.807, 2.05) is 5.43 Å². The van der Waals surface area contributed by atoms with Crippen LogP contribution in [0.25, 0.3) is 0 Å². The highest BCUT2D eigenvalue weighted by Gasteiger charge is 2.13. The van der Waals surface area contributed by atoms with Crippen LogP contribution in [0.1, 0.15) is 15.9 Å². The van der Waals surface area contributed by atoms with E-state index >= 15 is 0 Å². The third-order valence-corrected chi connectivity index (χ3v) is 3.24. The Hall–Kier alpha value is -4.21. The predicted molar refractivity (Wildman–Crippen MR) is 97.3 cm³/mol. The number of hydrogen-bond donors (Lipinski definition) is 4. The molecule has 0 spiro atoms. The van der Waals surface area contributed by atoms with E-state index < -0.39 is 30.4 Å². The number of carboxylic acids is 2. The molecular weight excluding hydrogens is 370 g/mol. The summed E-state index contributed by atoms with van der Waals surface area (Å²) >= 11 is 0. The number of rotatable bonds is 7. The van der Waals surface area contributed by atoms with E-state index in [1.54, 1.807) is 18.2 Å². The lowest BCUT2D eigenvalue weighted by atomic mass is 10.2. The monoisotopic (exact) mass is 385 g/mol. The highest BCUT2D eigenvalue weighted by Crippen LogP contribution is 2.15. The highest BCUT2D eigenvalue weighted by molar-refractivity contribution is 6.39. The van der Waals surface area contributed by atoms with Gasteiger partial charge in [-0.2, -0.15) is 5.10 Å². The van der Waals surface area contributed by atoms with Gasteiger partial charge in [-0.1, -0.05) is 12.1 Å². The van der Waals surface area contributed by atoms with Crippen LogP contribution < -0.4 is 15.5 Å². The maximum absolute atomic E-state index is 11.8. The second-order valence-corrected chi connectivity index (χ2v) is 5.26. The Morgan fingerprint density at radius 1 is 0.964 bits per heavy atom. The summed E-state index contributed by atoms with van der Waals surface area (Å²) < 4.78 is 5.08. The number of carbonyl (C=O) groups is 4. The maximum Gasteiger partial charge on any atom is 0.341 e. The maximum atomic E-state index is 11.8. The largest absolute Gasteiger partial charge is 0.481 e. The van der Waals surface area contributed by atoms with Crippen LogP contribution in [0.4, 0.5) is 5.69 Å². The zero-order valence-electron chi connectivity index (χ0n) is 14.3. The van der Waals surface area contributed by atoms with Gasteiger partial charge in [-0.15, -0.1) is 0 Å². The third kappa shape index (κ3) is 5.95. The van der Waals surface area contributed by atoms with E-state index in [0.717, 1.165) is 0 Å². The summed E-state index contributed by atoms with van der Waals surface area (Å²) in [4.78, 5) is 44.9. The fourth-order valence-corrected chi connectivity index (χ4v) is 1.95. The molecule has 0 bridgehead atoms. The lowest BCUT2D eigenvalue weighted by molar-refractivity contribution is -0.139. The number of hydrogen-bond acceptors (Lipinski definition) is 6. The number of anilines is 1. The molecule has 2 amide bonds. The molecule has 0 aliphatic carbocycles. The van der Waals surface area contributed by atoms with E-state index in [9.17, 15) is 19.2 Å². The number of hydrazone groups is 1. The number of nitrogens with one attached hydrogen (secondary N) is 2. The van der Waals surface area contributed by atoms with Crippen LogP contribution in [0, 0.1) is 0 Å². The van der Waals surface area contributed by atoms with Crippen molar-refractivity contribution in [1.82, 2.24) is 5.43 Å². The van der Waals surface area contributed by atoms with Gasteiger partial charge in [0.05, 0.1) is 11.8 Å². The fourth-order valence-electron chi connectivity index (χ4n) is 1.95. The molecule has 0 saturated heterocycles. The molecule has 28 heavy (non-hydrogen) atoms. The Morgan fingerprint density at radius 2 is 1.64 bits per heavy atom. The van der Waals surface area contributed by atoms with Crippen molar-refractivity contribution >= 4 is 35.7 Å². The minimum Gasteiger partial charge on any atom is -0.481 e. The first kappa shape index (κ1) is 20.1. The number of carboxylic acid groups (broad SMARTS) is 2. The molecule has 0 aromatic heterocycles. The average Bonchev–Trinajstić information content (AvgIpc) is 2.67. The number of aliphatic carboxylic acids is 1. The van der Waals surface area contributed by atoms with Gasteiger partial charge < -0.3 is 20.3 Å². The van der Waals surface area contributed by atoms with Crippen molar-refractivity contribution < 1.29 is 34.1 Å². The van der Waals surface area contributed by atoms with Gasteiger partial charge in [-0.25, -0.2) is 15.0 Å². The zero-order valence-corrected chi connectivity index (χ0v) is 14.3. The first-order chi connectivity index (χ1) is 13.4. The van der Waals surface area contributed by atoms with E-state index in [1.165, 1.54) is 36.5 Å². The Labute approximate surface area is 158 Å². The highest BCUT2D eigenvalue weighted by atomic mass is 16.5. The summed E-state index contributed by atoms with van der Waals surface area (Å²) in [6, 6.07) is 11.6. The SMILES string of the molecule is O=C(O)COc1ccccc1/C=N\NC(=O)C(=O)Nc1ccc(C(=O)O)cc1. The van der Waals surface area contributed by atoms with Gasteiger partial charge in [0.1, 0.15) is 5.75 Å². The van der Waals surface area contributed by atoms with Gasteiger partial charge in [-0.05, 0) is 36.4 Å². The van der Waals surface area contributed by atoms with Crippen LogP contribution in [0.15, 0.2) is 53.6 Å². The first-order valence-corrected chi connectivity index (χ1v) is 7.78. The van der Waals surface area contributed by atoms with E-state index in [4.69, 9.17) is 14.9 Å². The molecule has 144 valence electrons. The quantitative estimate of drug-likeness (QED) is 0.314. The normalized spacial score (nSPS) is 10.3. The number of nitrogens with zero attached hydrogens (tertiary/aromatic N) is 1. The minimum atomic E-state index is -1.15. The van der Waals surface area contributed by atoms with Crippen molar-refractivity contribution in [2.45, 2.75) is 0 Å². The lowest BCUT2D eigenvalue weighted by Crippen LogP contribution is -2.32. The number of aromatic carboxylic acids is 1. The molecule has 0 atom stereocenters. The van der Waals surface area contributed by atoms with Gasteiger partial charge in [-0.3, -0.25) is 9.59 Å². The standard InChI is InChI=1S/C18H15N3O7/c22-15(23)10-28-14-4-2-1-3-12(14)9-19-21-17(25)16(24)20-13-7-5-11(6-8-13)18(26)27/h1-9H,10H2,(H,20,24)(H,21,25)(H,22,23)(H,26,27)/b19-9-. The summed E-state index contributed by atoms with van der Waals surface area (Å²) in [6.45, 7) is -0.541. The first-order valence-electron chi connectivity index (χ1n) is 7.78. The molecule has 2 aromatic carbocycles. The molecule has 0 fully saturated rings. The Kier molecular flexibility index (Phi) is 6.81. The van der Waals surface area contributed by atoms with E-state index in [-0.39, 0.29) is 17.0 Å². The molecule has 2 aromatic rings. The molecule has 0 heterocycles. The number of ether oxygens (including phenoxy) is 1. The van der Waals surface area contributed by atoms with Crippen LogP contribution in [-0.2, 0) is 14.4 Å². The molecule has 2 rings (SSSR count). The smallest absolute Gasteiger partial charge is 0.341 e. The number of para-hydroxylation sites is 1. The summed E-state index contributed by atoms with van der Waals surface area (Å²) in [5, 5.41) is 23.4. The average molecular weight is 385 g/mol. The molecule has 10 nitrogen and oxygen atoms in total. The van der Waals surface area contributed by atoms with E-state index in [0.29, 0.717) is 5.56 Å². The lowest BCUT2D eigenvalue weighted by Gasteiger charge is -2.06. The molecule has 10 heteroatoms. The van der Waals surface area contributed by atoms with Gasteiger partial charge in [0.25, 0.3) is 0 Å². The molecule has 4 N–H and O–H groups in total. The Morgan fingerprint density at radius 3 is 2.29 bits per heavy atom. The summed E-state index contributed by atoms with van der Waals surface area (Å²) in [5.74, 6) is -4.07. The van der Waals surface area contributed by atoms with Crippen LogP contribution >= 0.6 is 0 Å². The summed E-state index contributed by atoms with van der Waals surface area (Å²) in [7, 11) is 0. The fraction of sp³-hybridized carbons (Fsp3) is 0.0556. The van der Waals surface area contributed by atoms with Crippen molar-refractivity contribution in [1.29, 1.82) is 0 Å². The van der Waals surface area contributed by atoms with Crippen molar-refractivity contribution in [3.8, 4) is 5.75 Å². The van der Waals surface area contributed by atoms with Gasteiger partial charge in [0, 0.05) is 11.3 Å². The molecule has 0 unspecified atom stereocenters. The predicted octanol–water partition coefficient (Wildman–Crippen LogP) is 0.937. The van der Waals surface area contributed by atoms with Crippen molar-refractivity contribution in [2.24, 2.45) is 5.10 Å². The van der Waals surface area contributed by atoms with Gasteiger partial charge in [0.2, 0.25) is 0 Å². The second kappa shape index (κ2) is 9.48. The van der Waals surface area contributed by atoms with Crippen LogP contribution in [-0.4, -0.2) is 46.8 Å². The second-order valence-electron chi connectivity index (χ2n) is 5.26. The minimum absolute atomic E-state index is 0.0378. The molecule has 0 aliphatic rings. The Bertz CT molecular complexity index is 923.